The molecule has 202 valence electrons. The Hall–Kier alpha value is -3.57. The van der Waals surface area contributed by atoms with Crippen LogP contribution in [0.15, 0.2) is 47.5 Å². The number of anilines is 1. The number of hydrogen-bond acceptors (Lipinski definition) is 7. The van der Waals surface area contributed by atoms with E-state index in [4.69, 9.17) is 9.15 Å². The van der Waals surface area contributed by atoms with Gasteiger partial charge in [-0.2, -0.15) is 5.10 Å². The fourth-order valence-electron chi connectivity index (χ4n) is 4.21. The van der Waals surface area contributed by atoms with Crippen molar-refractivity contribution in [2.45, 2.75) is 39.2 Å². The molecule has 4 aromatic rings. The van der Waals surface area contributed by atoms with Gasteiger partial charge in [-0.15, -0.1) is 12.4 Å². The maximum Gasteiger partial charge on any atom is 0.307 e. The molecule has 0 aliphatic carbocycles. The molecule has 0 spiro atoms. The van der Waals surface area contributed by atoms with Crippen LogP contribution in [0.1, 0.15) is 54.7 Å². The Morgan fingerprint density at radius 3 is 2.63 bits per heavy atom. The first-order chi connectivity index (χ1) is 17.7. The van der Waals surface area contributed by atoms with Gasteiger partial charge in [0.2, 0.25) is 0 Å². The van der Waals surface area contributed by atoms with Crippen LogP contribution in [0.25, 0.3) is 16.8 Å². The Balaban J connectivity index is 0.00000336. The normalized spacial score (nSPS) is 14.1. The summed E-state index contributed by atoms with van der Waals surface area (Å²) in [5, 5.41) is 6.92. The molecule has 1 aromatic carbocycles. The van der Waals surface area contributed by atoms with Crippen LogP contribution in [-0.2, 0) is 16.7 Å². The lowest BCUT2D eigenvalue weighted by atomic mass is 9.93. The van der Waals surface area contributed by atoms with Crippen molar-refractivity contribution in [1.29, 1.82) is 0 Å². The first-order valence-electron chi connectivity index (χ1n) is 12.0. The maximum atomic E-state index is 14.1. The van der Waals surface area contributed by atoms with Crippen LogP contribution >= 0.6 is 12.4 Å². The van der Waals surface area contributed by atoms with E-state index in [2.05, 4.69) is 25.3 Å². The number of amides is 1. The summed E-state index contributed by atoms with van der Waals surface area (Å²) in [5.74, 6) is -0.672. The van der Waals surface area contributed by atoms with Crippen molar-refractivity contribution >= 4 is 29.5 Å². The molecule has 0 radical (unpaired) electrons. The quantitative estimate of drug-likeness (QED) is 0.371. The standard InChI is InChI=1S/C26H28F2N6O3.ClH/c1-26(2,3)21-14-37-25(32-21)24(35)29-12-17-5-4-16(10-19(17)23(27)28)22-20-11-18(13-34(20)31-15-30-22)33-6-8-36-9-7-33;/h4-5,10-11,13-15,23H,6-9,12H2,1-3H3,(H,29,35);1H. The summed E-state index contributed by atoms with van der Waals surface area (Å²) < 4.78 is 40.5. The molecule has 4 heterocycles. The summed E-state index contributed by atoms with van der Waals surface area (Å²) in [6, 6.07) is 6.68. The van der Waals surface area contributed by atoms with Gasteiger partial charge in [-0.25, -0.2) is 23.3 Å². The van der Waals surface area contributed by atoms with Crippen molar-refractivity contribution in [3.05, 3.63) is 65.8 Å². The highest BCUT2D eigenvalue weighted by molar-refractivity contribution is 5.89. The Bertz CT molecular complexity index is 1430. The zero-order valence-electron chi connectivity index (χ0n) is 21.3. The van der Waals surface area contributed by atoms with Crippen molar-refractivity contribution in [3.8, 4) is 11.3 Å². The number of fused-ring (bicyclic) bond motifs is 1. The van der Waals surface area contributed by atoms with E-state index < -0.39 is 12.3 Å². The monoisotopic (exact) mass is 546 g/mol. The molecule has 1 amide bonds. The third-order valence-electron chi connectivity index (χ3n) is 6.33. The number of ether oxygens (including phenoxy) is 1. The van der Waals surface area contributed by atoms with Gasteiger partial charge in [-0.05, 0) is 17.7 Å². The molecule has 1 aliphatic rings. The number of benzene rings is 1. The fourth-order valence-corrected chi connectivity index (χ4v) is 4.21. The number of oxazole rings is 1. The molecule has 9 nitrogen and oxygen atoms in total. The third kappa shape index (κ3) is 5.63. The zero-order chi connectivity index (χ0) is 26.2. The molecule has 5 rings (SSSR count). The molecular weight excluding hydrogens is 518 g/mol. The molecule has 1 saturated heterocycles. The highest BCUT2D eigenvalue weighted by atomic mass is 35.5. The summed E-state index contributed by atoms with van der Waals surface area (Å²) in [7, 11) is 0. The molecule has 0 bridgehead atoms. The Morgan fingerprint density at radius 1 is 1.18 bits per heavy atom. The van der Waals surface area contributed by atoms with Crippen molar-refractivity contribution < 1.29 is 22.7 Å². The lowest BCUT2D eigenvalue weighted by molar-refractivity contribution is 0.0914. The summed E-state index contributed by atoms with van der Waals surface area (Å²) in [6.45, 7) is 8.57. The van der Waals surface area contributed by atoms with Gasteiger partial charge >= 0.3 is 5.91 Å². The van der Waals surface area contributed by atoms with Gasteiger partial charge in [0.15, 0.2) is 0 Å². The van der Waals surface area contributed by atoms with Crippen LogP contribution in [0.4, 0.5) is 14.5 Å². The average molecular weight is 547 g/mol. The largest absolute Gasteiger partial charge is 0.441 e. The van der Waals surface area contributed by atoms with Crippen LogP contribution in [-0.4, -0.2) is 51.8 Å². The molecule has 3 aromatic heterocycles. The number of carbonyl (C=O) groups excluding carboxylic acids is 1. The highest BCUT2D eigenvalue weighted by Gasteiger charge is 2.23. The Kier molecular flexibility index (Phi) is 7.98. The number of halogens is 3. The minimum absolute atomic E-state index is 0. The predicted octanol–water partition coefficient (Wildman–Crippen LogP) is 4.81. The van der Waals surface area contributed by atoms with Gasteiger partial charge in [0, 0.05) is 36.2 Å². The minimum Gasteiger partial charge on any atom is -0.441 e. The second-order valence-corrected chi connectivity index (χ2v) is 9.92. The number of nitrogens with zero attached hydrogens (tertiary/aromatic N) is 5. The first kappa shape index (κ1) is 27.5. The summed E-state index contributed by atoms with van der Waals surface area (Å²) in [6.07, 6.45) is 2.00. The lowest BCUT2D eigenvalue weighted by Gasteiger charge is -2.27. The SMILES string of the molecule is CC(C)(C)c1coc(C(=O)NCc2ccc(-c3ncnn4cc(N5CCOCC5)cc34)cc2C(F)F)n1.Cl. The fraction of sp³-hybridized carbons (Fsp3) is 0.385. The van der Waals surface area contributed by atoms with Gasteiger partial charge < -0.3 is 19.4 Å². The third-order valence-corrected chi connectivity index (χ3v) is 6.33. The molecule has 12 heteroatoms. The van der Waals surface area contributed by atoms with E-state index in [1.807, 2.05) is 33.0 Å². The molecular formula is C26H29ClF2N6O3. The predicted molar refractivity (Wildman–Crippen MR) is 140 cm³/mol. The second-order valence-electron chi connectivity index (χ2n) is 9.92. The lowest BCUT2D eigenvalue weighted by Crippen LogP contribution is -2.35. The summed E-state index contributed by atoms with van der Waals surface area (Å²) in [4.78, 5) is 23.3. The summed E-state index contributed by atoms with van der Waals surface area (Å²) >= 11 is 0. The molecule has 0 atom stereocenters. The van der Waals surface area contributed by atoms with E-state index in [1.54, 1.807) is 16.6 Å². The average Bonchev–Trinajstić information content (AvgIpc) is 3.55. The molecule has 1 N–H and O–H groups in total. The maximum absolute atomic E-state index is 14.1. The first-order valence-corrected chi connectivity index (χ1v) is 12.0. The van der Waals surface area contributed by atoms with E-state index in [0.29, 0.717) is 41.2 Å². The minimum atomic E-state index is -2.74. The van der Waals surface area contributed by atoms with Crippen LogP contribution in [0.3, 0.4) is 0 Å². The van der Waals surface area contributed by atoms with Gasteiger partial charge in [-0.1, -0.05) is 32.9 Å². The number of hydrogen-bond donors (Lipinski definition) is 1. The van der Waals surface area contributed by atoms with E-state index in [9.17, 15) is 13.6 Å². The zero-order valence-corrected chi connectivity index (χ0v) is 22.1. The van der Waals surface area contributed by atoms with E-state index >= 15 is 0 Å². The van der Waals surface area contributed by atoms with Crippen molar-refractivity contribution in [1.82, 2.24) is 24.9 Å². The number of morpholine rings is 1. The van der Waals surface area contributed by atoms with Crippen molar-refractivity contribution in [2.75, 3.05) is 31.2 Å². The molecule has 1 fully saturated rings. The Morgan fingerprint density at radius 2 is 1.95 bits per heavy atom. The van der Waals surface area contributed by atoms with E-state index in [1.165, 1.54) is 18.7 Å². The van der Waals surface area contributed by atoms with Crippen LogP contribution in [0, 0.1) is 0 Å². The summed E-state index contributed by atoms with van der Waals surface area (Å²) in [5.41, 5.74) is 3.22. The second kappa shape index (κ2) is 11.0. The van der Waals surface area contributed by atoms with Crippen LogP contribution in [0.5, 0.6) is 0 Å². The number of rotatable bonds is 6. The van der Waals surface area contributed by atoms with Gasteiger partial charge in [0.05, 0.1) is 42.0 Å². The molecule has 0 saturated carbocycles. The van der Waals surface area contributed by atoms with Crippen molar-refractivity contribution in [2.24, 2.45) is 0 Å². The van der Waals surface area contributed by atoms with E-state index in [-0.39, 0.29) is 35.8 Å². The van der Waals surface area contributed by atoms with Crippen LogP contribution < -0.4 is 10.2 Å². The number of aromatic nitrogens is 4. The molecule has 1 aliphatic heterocycles. The number of nitrogens with one attached hydrogen (secondary N) is 1. The number of alkyl halides is 2. The topological polar surface area (TPSA) is 97.8 Å². The van der Waals surface area contributed by atoms with Gasteiger partial charge in [0.1, 0.15) is 12.6 Å². The molecule has 0 unspecified atom stereocenters. The van der Waals surface area contributed by atoms with Gasteiger partial charge in [-0.3, -0.25) is 4.79 Å². The highest BCUT2D eigenvalue weighted by Crippen LogP contribution is 2.32. The molecule has 38 heavy (non-hydrogen) atoms. The van der Waals surface area contributed by atoms with E-state index in [0.717, 1.165) is 18.8 Å². The van der Waals surface area contributed by atoms with Gasteiger partial charge in [0.25, 0.3) is 12.3 Å². The Labute approximate surface area is 224 Å². The smallest absolute Gasteiger partial charge is 0.307 e. The van der Waals surface area contributed by atoms with Crippen LogP contribution in [0.2, 0.25) is 0 Å². The number of carbonyl (C=O) groups is 1. The van der Waals surface area contributed by atoms with Crippen molar-refractivity contribution in [3.63, 3.8) is 0 Å².